The van der Waals surface area contributed by atoms with Gasteiger partial charge in [0.15, 0.2) is 0 Å². The van der Waals surface area contributed by atoms with Crippen LogP contribution in [0.5, 0.6) is 0 Å². The van der Waals surface area contributed by atoms with Gasteiger partial charge in [0, 0.05) is 5.69 Å². The molecule has 2 N–H and O–H groups in total. The van der Waals surface area contributed by atoms with Crippen LogP contribution in [0.1, 0.15) is 16.7 Å². The average molecular weight is 467 g/mol. The monoisotopic (exact) mass is 466 g/mol. The maximum absolute atomic E-state index is 13.3. The topological polar surface area (TPSA) is 101 Å². The number of fused-ring (bicyclic) bond motifs is 1. The summed E-state index contributed by atoms with van der Waals surface area (Å²) in [6.45, 7) is 3.87. The molecule has 0 aliphatic heterocycles. The molecule has 4 rings (SSSR count). The Morgan fingerprint density at radius 2 is 1.78 bits per heavy atom. The Morgan fingerprint density at radius 1 is 1.00 bits per heavy atom. The van der Waals surface area contributed by atoms with Gasteiger partial charge < -0.3 is 5.32 Å². The van der Waals surface area contributed by atoms with Gasteiger partial charge in [-0.1, -0.05) is 54.1 Å². The third-order valence-electron chi connectivity index (χ3n) is 5.07. The van der Waals surface area contributed by atoms with Crippen molar-refractivity contribution in [1.29, 1.82) is 0 Å². The van der Waals surface area contributed by atoms with Crippen molar-refractivity contribution in [3.05, 3.63) is 83.4 Å². The number of aromatic nitrogens is 2. The third-order valence-corrected chi connectivity index (χ3v) is 7.12. The molecule has 1 heterocycles. The van der Waals surface area contributed by atoms with Crippen molar-refractivity contribution >= 4 is 44.4 Å². The van der Waals surface area contributed by atoms with E-state index in [0.717, 1.165) is 28.4 Å². The summed E-state index contributed by atoms with van der Waals surface area (Å²) in [6, 6.07) is 18.7. The Balaban J connectivity index is 1.66. The molecular formula is C23H22N4O3S2. The molecule has 3 aromatic carbocycles. The quantitative estimate of drug-likeness (QED) is 0.431. The molecule has 4 aromatic rings. The van der Waals surface area contributed by atoms with Crippen LogP contribution in [0.25, 0.3) is 11.0 Å². The molecular weight excluding hydrogens is 444 g/mol. The van der Waals surface area contributed by atoms with Crippen LogP contribution in [0.3, 0.4) is 0 Å². The number of rotatable bonds is 7. The summed E-state index contributed by atoms with van der Waals surface area (Å²) >= 11 is 0.944. The van der Waals surface area contributed by atoms with E-state index in [9.17, 15) is 13.2 Å². The molecule has 0 saturated carbocycles. The van der Waals surface area contributed by atoms with Crippen LogP contribution in [0.15, 0.2) is 71.6 Å². The SMILES string of the molecule is Cc1ccc(NC(=O)[C@@H](Cc2ccccc2)NS(=O)(=O)c2cccc3nsnc23)c(C)c1. The number of nitrogens with zero attached hydrogens (tertiary/aromatic N) is 2. The maximum Gasteiger partial charge on any atom is 0.243 e. The van der Waals surface area contributed by atoms with Crippen molar-refractivity contribution in [2.45, 2.75) is 31.2 Å². The summed E-state index contributed by atoms with van der Waals surface area (Å²) in [5.74, 6) is -0.437. The predicted molar refractivity (Wildman–Crippen MR) is 126 cm³/mol. The summed E-state index contributed by atoms with van der Waals surface area (Å²) in [4.78, 5) is 13.2. The van der Waals surface area contributed by atoms with Gasteiger partial charge in [-0.2, -0.15) is 13.5 Å². The lowest BCUT2D eigenvalue weighted by Gasteiger charge is -2.20. The van der Waals surface area contributed by atoms with E-state index in [-0.39, 0.29) is 11.3 Å². The Hall–Kier alpha value is -3.14. The van der Waals surface area contributed by atoms with Crippen molar-refractivity contribution in [2.75, 3.05) is 5.32 Å². The fourth-order valence-electron chi connectivity index (χ4n) is 3.46. The zero-order valence-corrected chi connectivity index (χ0v) is 19.2. The van der Waals surface area contributed by atoms with Gasteiger partial charge in [-0.05, 0) is 49.6 Å². The molecule has 1 atom stereocenters. The summed E-state index contributed by atoms with van der Waals surface area (Å²) in [6.07, 6.45) is 0.197. The second-order valence-corrected chi connectivity index (χ2v) is 9.77. The van der Waals surface area contributed by atoms with Crippen molar-refractivity contribution in [2.24, 2.45) is 0 Å². The van der Waals surface area contributed by atoms with E-state index < -0.39 is 22.0 Å². The highest BCUT2D eigenvalue weighted by molar-refractivity contribution is 7.89. The largest absolute Gasteiger partial charge is 0.324 e. The first kappa shape index (κ1) is 22.1. The van der Waals surface area contributed by atoms with E-state index in [1.165, 1.54) is 6.07 Å². The lowest BCUT2D eigenvalue weighted by Crippen LogP contribution is -2.45. The van der Waals surface area contributed by atoms with Gasteiger partial charge in [0.1, 0.15) is 22.0 Å². The number of benzene rings is 3. The van der Waals surface area contributed by atoms with E-state index >= 15 is 0 Å². The third kappa shape index (κ3) is 4.85. The summed E-state index contributed by atoms with van der Waals surface area (Å²) in [5.41, 5.74) is 4.24. The van der Waals surface area contributed by atoms with Gasteiger partial charge in [0.05, 0.1) is 11.7 Å². The Bertz CT molecular complexity index is 1370. The van der Waals surface area contributed by atoms with Crippen molar-refractivity contribution in [3.63, 3.8) is 0 Å². The van der Waals surface area contributed by atoms with Crippen LogP contribution in [0.4, 0.5) is 5.69 Å². The molecule has 9 heteroatoms. The van der Waals surface area contributed by atoms with Gasteiger partial charge in [-0.15, -0.1) is 0 Å². The highest BCUT2D eigenvalue weighted by Gasteiger charge is 2.28. The number of carbonyl (C=O) groups is 1. The number of hydrogen-bond acceptors (Lipinski definition) is 6. The molecule has 0 fully saturated rings. The van der Waals surface area contributed by atoms with Gasteiger partial charge in [0.25, 0.3) is 0 Å². The number of aryl methyl sites for hydroxylation is 2. The van der Waals surface area contributed by atoms with Crippen LogP contribution >= 0.6 is 11.7 Å². The van der Waals surface area contributed by atoms with Crippen molar-refractivity contribution < 1.29 is 13.2 Å². The van der Waals surface area contributed by atoms with Crippen LogP contribution < -0.4 is 10.0 Å². The number of sulfonamides is 1. The standard InChI is InChI=1S/C23H22N4O3S2/c1-15-11-12-18(16(2)13-15)24-23(28)20(14-17-7-4-3-5-8-17)27-32(29,30)21-10-6-9-19-22(21)26-31-25-19/h3-13,20,27H,14H2,1-2H3,(H,24,28)/t20-/m1/s1. The first-order valence-electron chi connectivity index (χ1n) is 9.99. The van der Waals surface area contributed by atoms with Crippen LogP contribution in [-0.4, -0.2) is 29.1 Å². The molecule has 164 valence electrons. The average Bonchev–Trinajstić information content (AvgIpc) is 3.24. The lowest BCUT2D eigenvalue weighted by atomic mass is 10.1. The van der Waals surface area contributed by atoms with Gasteiger partial charge in [-0.25, -0.2) is 8.42 Å². The number of amides is 1. The zero-order valence-electron chi connectivity index (χ0n) is 17.6. The van der Waals surface area contributed by atoms with E-state index in [0.29, 0.717) is 16.7 Å². The van der Waals surface area contributed by atoms with Gasteiger partial charge in [0.2, 0.25) is 15.9 Å². The molecule has 1 amide bonds. The summed E-state index contributed by atoms with van der Waals surface area (Å²) < 4.78 is 37.3. The molecule has 0 aliphatic rings. The van der Waals surface area contributed by atoms with Crippen LogP contribution in [-0.2, 0) is 21.2 Å². The van der Waals surface area contributed by atoms with Crippen molar-refractivity contribution in [3.8, 4) is 0 Å². The molecule has 0 bridgehead atoms. The van der Waals surface area contributed by atoms with Crippen molar-refractivity contribution in [1.82, 2.24) is 13.5 Å². The highest BCUT2D eigenvalue weighted by Crippen LogP contribution is 2.22. The lowest BCUT2D eigenvalue weighted by molar-refractivity contribution is -0.117. The zero-order chi connectivity index (χ0) is 22.7. The van der Waals surface area contributed by atoms with Gasteiger partial charge in [-0.3, -0.25) is 4.79 Å². The molecule has 0 aliphatic carbocycles. The summed E-state index contributed by atoms with van der Waals surface area (Å²) in [7, 11) is -4.04. The maximum atomic E-state index is 13.3. The fourth-order valence-corrected chi connectivity index (χ4v) is 5.42. The Kier molecular flexibility index (Phi) is 6.31. The number of carbonyl (C=O) groups excluding carboxylic acids is 1. The van der Waals surface area contributed by atoms with E-state index in [1.807, 2.05) is 62.4 Å². The number of nitrogens with one attached hydrogen (secondary N) is 2. The molecule has 0 radical (unpaired) electrons. The minimum absolute atomic E-state index is 0.00104. The minimum Gasteiger partial charge on any atom is -0.324 e. The minimum atomic E-state index is -4.04. The Labute approximate surface area is 190 Å². The molecule has 0 saturated heterocycles. The second kappa shape index (κ2) is 9.15. The first-order valence-corrected chi connectivity index (χ1v) is 12.2. The second-order valence-electron chi connectivity index (χ2n) is 7.56. The smallest absolute Gasteiger partial charge is 0.243 e. The summed E-state index contributed by atoms with van der Waals surface area (Å²) in [5, 5.41) is 2.87. The predicted octanol–water partition coefficient (Wildman–Crippen LogP) is 3.84. The van der Waals surface area contributed by atoms with Crippen LogP contribution in [0.2, 0.25) is 0 Å². The fraction of sp³-hybridized carbons (Fsp3) is 0.174. The molecule has 7 nitrogen and oxygen atoms in total. The highest BCUT2D eigenvalue weighted by atomic mass is 32.2. The molecule has 1 aromatic heterocycles. The van der Waals surface area contributed by atoms with E-state index in [1.54, 1.807) is 12.1 Å². The van der Waals surface area contributed by atoms with Crippen LogP contribution in [0, 0.1) is 13.8 Å². The molecule has 32 heavy (non-hydrogen) atoms. The Morgan fingerprint density at radius 3 is 2.53 bits per heavy atom. The normalized spacial score (nSPS) is 12.6. The van der Waals surface area contributed by atoms with Gasteiger partial charge >= 0.3 is 0 Å². The molecule has 0 unspecified atom stereocenters. The number of hydrogen-bond donors (Lipinski definition) is 2. The molecule has 0 spiro atoms. The first-order chi connectivity index (χ1) is 15.3. The van der Waals surface area contributed by atoms with E-state index in [4.69, 9.17) is 0 Å². The van der Waals surface area contributed by atoms with E-state index in [2.05, 4.69) is 18.8 Å². The number of anilines is 1.